The predicted molar refractivity (Wildman–Crippen MR) is 91.2 cm³/mol. The van der Waals surface area contributed by atoms with E-state index in [1.54, 1.807) is 55.8 Å². The fourth-order valence-corrected chi connectivity index (χ4v) is 2.11. The molecule has 0 N–H and O–H groups in total. The average Bonchev–Trinajstić information content (AvgIpc) is 3.16. The predicted octanol–water partition coefficient (Wildman–Crippen LogP) is 4.72. The van der Waals surface area contributed by atoms with Crippen molar-refractivity contribution in [3.05, 3.63) is 99.5 Å². The van der Waals surface area contributed by atoms with Gasteiger partial charge in [0, 0.05) is 11.6 Å². The van der Waals surface area contributed by atoms with Crippen molar-refractivity contribution >= 4 is 11.5 Å². The van der Waals surface area contributed by atoms with Crippen LogP contribution in [0.5, 0.6) is 0 Å². The number of hydrogen-bond donors (Lipinski definition) is 0. The summed E-state index contributed by atoms with van der Waals surface area (Å²) in [6, 6.07) is 15.3. The molecule has 0 amide bonds. The average molecular weight is 323 g/mol. The molecule has 3 aromatic rings. The van der Waals surface area contributed by atoms with Gasteiger partial charge in [-0.1, -0.05) is 30.3 Å². The SMILES string of the molecule is Cc1cc(C(=O)c2ccccc2)c([N+](=O)[O-])cc1C.c1ccoc1. The molecular formula is C19H17NO4. The number of ketones is 1. The highest BCUT2D eigenvalue weighted by Gasteiger charge is 2.22. The molecule has 0 unspecified atom stereocenters. The van der Waals surface area contributed by atoms with Crippen molar-refractivity contribution in [2.24, 2.45) is 0 Å². The fraction of sp³-hybridized carbons (Fsp3) is 0.105. The van der Waals surface area contributed by atoms with Crippen molar-refractivity contribution in [1.29, 1.82) is 0 Å². The molecule has 0 bridgehead atoms. The Morgan fingerprint density at radius 3 is 2.04 bits per heavy atom. The summed E-state index contributed by atoms with van der Waals surface area (Å²) in [6.07, 6.45) is 3.25. The van der Waals surface area contributed by atoms with Crippen LogP contribution >= 0.6 is 0 Å². The lowest BCUT2D eigenvalue weighted by Gasteiger charge is -2.06. The van der Waals surface area contributed by atoms with Gasteiger partial charge in [0.15, 0.2) is 5.78 Å². The Kier molecular flexibility index (Phi) is 5.63. The normalized spacial score (nSPS) is 9.75. The van der Waals surface area contributed by atoms with Crippen LogP contribution in [0, 0.1) is 24.0 Å². The highest BCUT2D eigenvalue weighted by Crippen LogP contribution is 2.25. The molecule has 24 heavy (non-hydrogen) atoms. The van der Waals surface area contributed by atoms with Gasteiger partial charge in [-0.15, -0.1) is 0 Å². The highest BCUT2D eigenvalue weighted by atomic mass is 16.6. The zero-order chi connectivity index (χ0) is 17.5. The van der Waals surface area contributed by atoms with Gasteiger partial charge in [-0.2, -0.15) is 0 Å². The van der Waals surface area contributed by atoms with E-state index < -0.39 is 4.92 Å². The van der Waals surface area contributed by atoms with E-state index in [1.165, 1.54) is 6.07 Å². The lowest BCUT2D eigenvalue weighted by molar-refractivity contribution is -0.385. The van der Waals surface area contributed by atoms with Crippen molar-refractivity contribution in [3.63, 3.8) is 0 Å². The van der Waals surface area contributed by atoms with Gasteiger partial charge < -0.3 is 4.42 Å². The Bertz CT molecular complexity index is 807. The molecule has 0 saturated heterocycles. The topological polar surface area (TPSA) is 73.3 Å². The van der Waals surface area contributed by atoms with Crippen LogP contribution in [0.2, 0.25) is 0 Å². The maximum atomic E-state index is 12.3. The van der Waals surface area contributed by atoms with Crippen molar-refractivity contribution in [2.75, 3.05) is 0 Å². The van der Waals surface area contributed by atoms with Crippen LogP contribution in [0.25, 0.3) is 0 Å². The van der Waals surface area contributed by atoms with Gasteiger partial charge in [-0.3, -0.25) is 14.9 Å². The van der Waals surface area contributed by atoms with Crippen LogP contribution < -0.4 is 0 Å². The summed E-state index contributed by atoms with van der Waals surface area (Å²) in [5, 5.41) is 11.1. The maximum Gasteiger partial charge on any atom is 0.280 e. The number of hydrogen-bond acceptors (Lipinski definition) is 4. The number of carbonyl (C=O) groups excluding carboxylic acids is 1. The van der Waals surface area contributed by atoms with Gasteiger partial charge >= 0.3 is 0 Å². The first kappa shape index (κ1) is 17.1. The summed E-state index contributed by atoms with van der Waals surface area (Å²) >= 11 is 0. The van der Waals surface area contributed by atoms with Gasteiger partial charge in [0.05, 0.1) is 17.4 Å². The largest absolute Gasteiger partial charge is 0.473 e. The second-order valence-electron chi connectivity index (χ2n) is 5.20. The number of aryl methyl sites for hydroxylation is 2. The van der Waals surface area contributed by atoms with E-state index >= 15 is 0 Å². The minimum atomic E-state index is -0.511. The van der Waals surface area contributed by atoms with Crippen LogP contribution in [0.1, 0.15) is 27.0 Å². The molecule has 0 aliphatic carbocycles. The van der Waals surface area contributed by atoms with Crippen molar-refractivity contribution in [1.82, 2.24) is 0 Å². The molecule has 0 radical (unpaired) electrons. The number of furan rings is 1. The summed E-state index contributed by atoms with van der Waals surface area (Å²) in [6.45, 7) is 3.62. The zero-order valence-corrected chi connectivity index (χ0v) is 13.4. The molecule has 5 nitrogen and oxygen atoms in total. The van der Waals surface area contributed by atoms with Gasteiger partial charge in [-0.25, -0.2) is 0 Å². The maximum absolute atomic E-state index is 12.3. The van der Waals surface area contributed by atoms with Crippen LogP contribution in [-0.4, -0.2) is 10.7 Å². The Balaban J connectivity index is 0.000000355. The molecule has 0 fully saturated rings. The van der Waals surface area contributed by atoms with E-state index in [9.17, 15) is 14.9 Å². The lowest BCUT2D eigenvalue weighted by Crippen LogP contribution is -2.06. The molecule has 5 heteroatoms. The molecule has 0 spiro atoms. The number of nitrogens with zero attached hydrogens (tertiary/aromatic N) is 1. The number of rotatable bonds is 3. The van der Waals surface area contributed by atoms with Gasteiger partial charge in [0.1, 0.15) is 5.56 Å². The Labute approximate surface area is 139 Å². The van der Waals surface area contributed by atoms with E-state index in [1.807, 2.05) is 19.1 Å². The van der Waals surface area contributed by atoms with Crippen LogP contribution in [-0.2, 0) is 0 Å². The molecule has 1 heterocycles. The van der Waals surface area contributed by atoms with Crippen LogP contribution in [0.15, 0.2) is 71.5 Å². The minimum absolute atomic E-state index is 0.138. The smallest absolute Gasteiger partial charge is 0.280 e. The molecule has 3 rings (SSSR count). The van der Waals surface area contributed by atoms with E-state index in [2.05, 4.69) is 4.42 Å². The summed E-state index contributed by atoms with van der Waals surface area (Å²) < 4.78 is 4.58. The first-order valence-corrected chi connectivity index (χ1v) is 7.33. The number of benzene rings is 2. The molecule has 2 aromatic carbocycles. The Hall–Kier alpha value is -3.21. The molecule has 0 saturated carbocycles. The number of carbonyl (C=O) groups is 1. The summed E-state index contributed by atoms with van der Waals surface area (Å²) in [4.78, 5) is 22.9. The third-order valence-electron chi connectivity index (χ3n) is 3.51. The Morgan fingerprint density at radius 1 is 0.958 bits per heavy atom. The van der Waals surface area contributed by atoms with Crippen LogP contribution in [0.3, 0.4) is 0 Å². The molecule has 0 aliphatic heterocycles. The molecule has 1 aromatic heterocycles. The summed E-state index contributed by atoms with van der Waals surface area (Å²) in [5.41, 5.74) is 2.12. The van der Waals surface area contributed by atoms with Gasteiger partial charge in [0.2, 0.25) is 0 Å². The molecule has 0 aliphatic rings. The second kappa shape index (κ2) is 7.87. The third kappa shape index (κ3) is 4.16. The van der Waals surface area contributed by atoms with Gasteiger partial charge in [-0.05, 0) is 43.2 Å². The molecule has 0 atom stereocenters. The quantitative estimate of drug-likeness (QED) is 0.397. The number of nitro groups is 1. The van der Waals surface area contributed by atoms with E-state index in [4.69, 9.17) is 0 Å². The fourth-order valence-electron chi connectivity index (χ4n) is 2.11. The Morgan fingerprint density at radius 2 is 1.54 bits per heavy atom. The van der Waals surface area contributed by atoms with Crippen molar-refractivity contribution < 1.29 is 14.1 Å². The van der Waals surface area contributed by atoms with Crippen LogP contribution in [0.4, 0.5) is 5.69 Å². The minimum Gasteiger partial charge on any atom is -0.473 e. The summed E-state index contributed by atoms with van der Waals surface area (Å²) in [5.74, 6) is -0.324. The van der Waals surface area contributed by atoms with Gasteiger partial charge in [0.25, 0.3) is 5.69 Å². The van der Waals surface area contributed by atoms with Crippen molar-refractivity contribution in [2.45, 2.75) is 13.8 Å². The first-order valence-electron chi connectivity index (χ1n) is 7.33. The molecular weight excluding hydrogens is 306 g/mol. The first-order chi connectivity index (χ1) is 11.5. The standard InChI is InChI=1S/C15H13NO3.C4H4O/c1-10-8-13(14(16(18)19)9-11(10)2)15(17)12-6-4-3-5-7-12;1-2-4-5-3-1/h3-9H,1-2H3;1-4H. The number of nitro benzene ring substituents is 1. The van der Waals surface area contributed by atoms with Crippen molar-refractivity contribution in [3.8, 4) is 0 Å². The highest BCUT2D eigenvalue weighted by molar-refractivity contribution is 6.11. The van der Waals surface area contributed by atoms with E-state index in [-0.39, 0.29) is 17.0 Å². The third-order valence-corrected chi connectivity index (χ3v) is 3.51. The van der Waals surface area contributed by atoms with E-state index in [0.717, 1.165) is 11.1 Å². The lowest BCUT2D eigenvalue weighted by atomic mass is 9.97. The molecule has 122 valence electrons. The monoisotopic (exact) mass is 323 g/mol. The second-order valence-corrected chi connectivity index (χ2v) is 5.20. The zero-order valence-electron chi connectivity index (χ0n) is 13.4. The van der Waals surface area contributed by atoms with E-state index in [0.29, 0.717) is 5.56 Å². The summed E-state index contributed by atoms with van der Waals surface area (Å²) in [7, 11) is 0.